The van der Waals surface area contributed by atoms with Crippen LogP contribution in [-0.2, 0) is 6.54 Å². The van der Waals surface area contributed by atoms with Gasteiger partial charge >= 0.3 is 0 Å². The van der Waals surface area contributed by atoms with Crippen LogP contribution in [0, 0.1) is 11.6 Å². The van der Waals surface area contributed by atoms with Crippen LogP contribution in [0.1, 0.15) is 5.56 Å². The molecule has 106 valence electrons. The number of nitrogens with one attached hydrogen (secondary N) is 1. The summed E-state index contributed by atoms with van der Waals surface area (Å²) in [5.41, 5.74) is 2.28. The molecular weight excluding hydrogens is 274 g/mol. The molecule has 21 heavy (non-hydrogen) atoms. The third-order valence-corrected chi connectivity index (χ3v) is 2.97. The molecule has 0 aliphatic heterocycles. The highest BCUT2D eigenvalue weighted by atomic mass is 19.1. The molecule has 0 bridgehead atoms. The first-order chi connectivity index (χ1) is 10.2. The molecule has 1 heterocycles. The minimum absolute atomic E-state index is 0.345. The normalized spacial score (nSPS) is 10.6. The SMILES string of the molecule is Fc1cc(F)cc(CNc2ccc(-n3cncn3)cc2)c1. The van der Waals surface area contributed by atoms with Crippen molar-refractivity contribution in [2.24, 2.45) is 0 Å². The van der Waals surface area contributed by atoms with E-state index in [0.717, 1.165) is 17.4 Å². The van der Waals surface area contributed by atoms with Crippen LogP contribution in [0.15, 0.2) is 55.1 Å². The van der Waals surface area contributed by atoms with Gasteiger partial charge in [-0.2, -0.15) is 5.10 Å². The first-order valence-electron chi connectivity index (χ1n) is 6.34. The molecule has 6 heteroatoms. The van der Waals surface area contributed by atoms with Crippen LogP contribution in [-0.4, -0.2) is 14.8 Å². The lowest BCUT2D eigenvalue weighted by atomic mass is 10.2. The van der Waals surface area contributed by atoms with Crippen molar-refractivity contribution >= 4 is 5.69 Å². The van der Waals surface area contributed by atoms with E-state index in [-0.39, 0.29) is 0 Å². The van der Waals surface area contributed by atoms with E-state index < -0.39 is 11.6 Å². The van der Waals surface area contributed by atoms with E-state index >= 15 is 0 Å². The number of aromatic nitrogens is 3. The molecule has 2 aromatic carbocycles. The summed E-state index contributed by atoms with van der Waals surface area (Å²) in [6.07, 6.45) is 3.07. The maximum absolute atomic E-state index is 13.1. The Hall–Kier alpha value is -2.76. The van der Waals surface area contributed by atoms with Gasteiger partial charge < -0.3 is 5.32 Å². The summed E-state index contributed by atoms with van der Waals surface area (Å²) >= 11 is 0. The molecule has 0 amide bonds. The van der Waals surface area contributed by atoms with Gasteiger partial charge in [-0.05, 0) is 42.0 Å². The zero-order valence-corrected chi connectivity index (χ0v) is 11.0. The molecule has 0 unspecified atom stereocenters. The van der Waals surface area contributed by atoms with E-state index in [4.69, 9.17) is 0 Å². The van der Waals surface area contributed by atoms with Gasteiger partial charge in [0.2, 0.25) is 0 Å². The number of benzene rings is 2. The average molecular weight is 286 g/mol. The van der Waals surface area contributed by atoms with Gasteiger partial charge in [0.25, 0.3) is 0 Å². The summed E-state index contributed by atoms with van der Waals surface area (Å²) in [5.74, 6) is -1.15. The van der Waals surface area contributed by atoms with Gasteiger partial charge in [0, 0.05) is 18.3 Å². The molecule has 0 radical (unpaired) electrons. The number of rotatable bonds is 4. The Morgan fingerprint density at radius 3 is 2.33 bits per heavy atom. The van der Waals surface area contributed by atoms with Crippen molar-refractivity contribution in [2.75, 3.05) is 5.32 Å². The van der Waals surface area contributed by atoms with Crippen LogP contribution in [0.5, 0.6) is 0 Å². The summed E-state index contributed by atoms with van der Waals surface area (Å²) in [6.45, 7) is 0.345. The van der Waals surface area contributed by atoms with Gasteiger partial charge in [0.1, 0.15) is 24.3 Å². The Morgan fingerprint density at radius 2 is 1.71 bits per heavy atom. The second-order valence-electron chi connectivity index (χ2n) is 4.52. The maximum Gasteiger partial charge on any atom is 0.138 e. The third-order valence-electron chi connectivity index (χ3n) is 2.97. The van der Waals surface area contributed by atoms with Crippen molar-refractivity contribution in [3.63, 3.8) is 0 Å². The van der Waals surface area contributed by atoms with Crippen molar-refractivity contribution in [1.82, 2.24) is 14.8 Å². The van der Waals surface area contributed by atoms with Gasteiger partial charge in [0.05, 0.1) is 5.69 Å². The summed E-state index contributed by atoms with van der Waals surface area (Å²) < 4.78 is 27.8. The van der Waals surface area contributed by atoms with Crippen LogP contribution in [0.25, 0.3) is 5.69 Å². The molecule has 3 rings (SSSR count). The molecule has 0 fully saturated rings. The fraction of sp³-hybridized carbons (Fsp3) is 0.0667. The van der Waals surface area contributed by atoms with Gasteiger partial charge in [-0.3, -0.25) is 0 Å². The fourth-order valence-corrected chi connectivity index (χ4v) is 1.99. The monoisotopic (exact) mass is 286 g/mol. The first-order valence-corrected chi connectivity index (χ1v) is 6.34. The summed E-state index contributed by atoms with van der Waals surface area (Å²) in [5, 5.41) is 7.14. The Balaban J connectivity index is 1.68. The van der Waals surface area contributed by atoms with Crippen molar-refractivity contribution in [2.45, 2.75) is 6.54 Å². The van der Waals surface area contributed by atoms with E-state index in [0.29, 0.717) is 12.1 Å². The maximum atomic E-state index is 13.1. The molecule has 0 saturated heterocycles. The lowest BCUT2D eigenvalue weighted by Gasteiger charge is -2.08. The molecule has 1 aromatic heterocycles. The average Bonchev–Trinajstić information content (AvgIpc) is 2.99. The second kappa shape index (κ2) is 5.70. The molecule has 3 aromatic rings. The highest BCUT2D eigenvalue weighted by Crippen LogP contribution is 2.14. The zero-order chi connectivity index (χ0) is 14.7. The first kappa shape index (κ1) is 13.2. The Morgan fingerprint density at radius 1 is 1.00 bits per heavy atom. The lowest BCUT2D eigenvalue weighted by Crippen LogP contribution is -2.01. The predicted molar refractivity (Wildman–Crippen MR) is 75.0 cm³/mol. The van der Waals surface area contributed by atoms with Crippen LogP contribution in [0.4, 0.5) is 14.5 Å². The minimum atomic E-state index is -0.576. The predicted octanol–water partition coefficient (Wildman–Crippen LogP) is 3.16. The van der Waals surface area contributed by atoms with E-state index in [1.165, 1.54) is 18.5 Å². The summed E-state index contributed by atoms with van der Waals surface area (Å²) in [4.78, 5) is 3.88. The summed E-state index contributed by atoms with van der Waals surface area (Å²) in [6, 6.07) is 11.0. The van der Waals surface area contributed by atoms with Gasteiger partial charge in [0.15, 0.2) is 0 Å². The van der Waals surface area contributed by atoms with Crippen LogP contribution in [0.2, 0.25) is 0 Å². The number of nitrogens with zero attached hydrogens (tertiary/aromatic N) is 3. The molecule has 0 aliphatic carbocycles. The van der Waals surface area contributed by atoms with E-state index in [9.17, 15) is 8.78 Å². The van der Waals surface area contributed by atoms with Gasteiger partial charge in [-0.1, -0.05) is 0 Å². The van der Waals surface area contributed by atoms with Gasteiger partial charge in [-0.15, -0.1) is 0 Å². The fourth-order valence-electron chi connectivity index (χ4n) is 1.99. The molecular formula is C15H12F2N4. The molecule has 0 saturated carbocycles. The van der Waals surface area contributed by atoms with Crippen LogP contribution >= 0.6 is 0 Å². The van der Waals surface area contributed by atoms with Crippen molar-refractivity contribution in [1.29, 1.82) is 0 Å². The third kappa shape index (κ3) is 3.22. The highest BCUT2D eigenvalue weighted by molar-refractivity contribution is 5.48. The van der Waals surface area contributed by atoms with Gasteiger partial charge in [-0.25, -0.2) is 18.4 Å². The van der Waals surface area contributed by atoms with Crippen LogP contribution < -0.4 is 5.32 Å². The second-order valence-corrected chi connectivity index (χ2v) is 4.52. The molecule has 4 nitrogen and oxygen atoms in total. The zero-order valence-electron chi connectivity index (χ0n) is 11.0. The minimum Gasteiger partial charge on any atom is -0.381 e. The molecule has 0 spiro atoms. The smallest absolute Gasteiger partial charge is 0.138 e. The Bertz CT molecular complexity index is 704. The summed E-state index contributed by atoms with van der Waals surface area (Å²) in [7, 11) is 0. The molecule has 0 atom stereocenters. The standard InChI is InChI=1S/C15H12F2N4/c16-12-5-11(6-13(17)7-12)8-19-14-1-3-15(4-2-14)21-10-18-9-20-21/h1-7,9-10,19H,8H2. The van der Waals surface area contributed by atoms with Crippen molar-refractivity contribution < 1.29 is 8.78 Å². The van der Waals surface area contributed by atoms with E-state index in [2.05, 4.69) is 15.4 Å². The van der Waals surface area contributed by atoms with E-state index in [1.54, 1.807) is 11.0 Å². The Kier molecular flexibility index (Phi) is 3.59. The van der Waals surface area contributed by atoms with Crippen LogP contribution in [0.3, 0.4) is 0 Å². The number of hydrogen-bond acceptors (Lipinski definition) is 3. The number of anilines is 1. The van der Waals surface area contributed by atoms with Crippen molar-refractivity contribution in [3.8, 4) is 5.69 Å². The van der Waals surface area contributed by atoms with E-state index in [1.807, 2.05) is 24.3 Å². The number of hydrogen-bond donors (Lipinski definition) is 1. The molecule has 1 N–H and O–H groups in total. The quantitative estimate of drug-likeness (QED) is 0.801. The number of halogens is 2. The Labute approximate surface area is 120 Å². The van der Waals surface area contributed by atoms with Crippen molar-refractivity contribution in [3.05, 3.63) is 72.3 Å². The lowest BCUT2D eigenvalue weighted by molar-refractivity contribution is 0.580. The topological polar surface area (TPSA) is 42.7 Å². The largest absolute Gasteiger partial charge is 0.381 e. The molecule has 0 aliphatic rings. The highest BCUT2D eigenvalue weighted by Gasteiger charge is 2.01.